The number of halogens is 1. The predicted octanol–water partition coefficient (Wildman–Crippen LogP) is 3.41. The fraction of sp³-hybridized carbons (Fsp3) is 0.176. The van der Waals surface area contributed by atoms with Crippen molar-refractivity contribution in [1.29, 1.82) is 0 Å². The van der Waals surface area contributed by atoms with E-state index >= 15 is 0 Å². The van der Waals surface area contributed by atoms with Crippen LogP contribution >= 0.6 is 11.6 Å². The van der Waals surface area contributed by atoms with Gasteiger partial charge >= 0.3 is 0 Å². The van der Waals surface area contributed by atoms with E-state index in [4.69, 9.17) is 11.6 Å². The topological polar surface area (TPSA) is 52.9 Å². The summed E-state index contributed by atoms with van der Waals surface area (Å²) in [6.07, 6.45) is 0.281. The zero-order valence-electron chi connectivity index (χ0n) is 12.0. The van der Waals surface area contributed by atoms with E-state index in [2.05, 4.69) is 5.10 Å². The summed E-state index contributed by atoms with van der Waals surface area (Å²) >= 11 is 5.94. The largest absolute Gasteiger partial charge is 0.365 e. The van der Waals surface area contributed by atoms with Gasteiger partial charge in [0.05, 0.1) is 0 Å². The standard InChI is InChI=1S/C17H15ClN2O2/c1-12-11-17(22,14-7-3-2-4-8-14)20(19-12)16(21)13-6-5-9-15(18)10-13/h2-10,22H,11H2,1H3. The summed E-state index contributed by atoms with van der Waals surface area (Å²) in [7, 11) is 0. The maximum atomic E-state index is 12.7. The number of nitrogens with zero attached hydrogens (tertiary/aromatic N) is 2. The van der Waals surface area contributed by atoms with Gasteiger partial charge in [0.1, 0.15) is 0 Å². The van der Waals surface area contributed by atoms with Crippen LogP contribution in [0.2, 0.25) is 5.02 Å². The number of carbonyl (C=O) groups excluding carboxylic acids is 1. The molecule has 0 spiro atoms. The number of rotatable bonds is 2. The lowest BCUT2D eigenvalue weighted by atomic mass is 9.97. The monoisotopic (exact) mass is 314 g/mol. The molecule has 1 aliphatic heterocycles. The maximum absolute atomic E-state index is 12.7. The summed E-state index contributed by atoms with van der Waals surface area (Å²) < 4.78 is 0. The summed E-state index contributed by atoms with van der Waals surface area (Å²) in [6, 6.07) is 15.7. The van der Waals surface area contributed by atoms with Crippen molar-refractivity contribution in [1.82, 2.24) is 5.01 Å². The van der Waals surface area contributed by atoms with Gasteiger partial charge in [0.15, 0.2) is 5.72 Å². The summed E-state index contributed by atoms with van der Waals surface area (Å²) in [6.45, 7) is 1.79. The van der Waals surface area contributed by atoms with Crippen LogP contribution in [0.5, 0.6) is 0 Å². The molecular formula is C17H15ClN2O2. The maximum Gasteiger partial charge on any atom is 0.276 e. The summed E-state index contributed by atoms with van der Waals surface area (Å²) in [5.41, 5.74) is 0.248. The molecule has 2 aromatic carbocycles. The lowest BCUT2D eigenvalue weighted by Gasteiger charge is -2.31. The molecule has 22 heavy (non-hydrogen) atoms. The minimum absolute atomic E-state index is 0.281. The minimum atomic E-state index is -1.47. The van der Waals surface area contributed by atoms with Gasteiger partial charge < -0.3 is 5.11 Å². The van der Waals surface area contributed by atoms with E-state index in [1.807, 2.05) is 18.2 Å². The molecule has 0 radical (unpaired) electrons. The SMILES string of the molecule is CC1=NN(C(=O)c2cccc(Cl)c2)C(O)(c2ccccc2)C1. The normalized spacial score (nSPS) is 20.9. The molecule has 112 valence electrons. The highest BCUT2D eigenvalue weighted by atomic mass is 35.5. The minimum Gasteiger partial charge on any atom is -0.365 e. The summed E-state index contributed by atoms with van der Waals surface area (Å²) in [4.78, 5) is 12.7. The third-order valence-corrected chi connectivity index (χ3v) is 3.86. The molecule has 0 fully saturated rings. The Labute approximate surface area is 133 Å². The van der Waals surface area contributed by atoms with Crippen LogP contribution in [0.4, 0.5) is 0 Å². The van der Waals surface area contributed by atoms with Crippen LogP contribution in [-0.4, -0.2) is 21.7 Å². The van der Waals surface area contributed by atoms with Crippen molar-refractivity contribution in [3.63, 3.8) is 0 Å². The highest BCUT2D eigenvalue weighted by Crippen LogP contribution is 2.36. The van der Waals surface area contributed by atoms with Gasteiger partial charge in [0, 0.05) is 28.3 Å². The highest BCUT2D eigenvalue weighted by molar-refractivity contribution is 6.31. The van der Waals surface area contributed by atoms with Gasteiger partial charge in [0.25, 0.3) is 5.91 Å². The molecule has 1 unspecified atom stereocenters. The number of hydrogen-bond acceptors (Lipinski definition) is 3. The predicted molar refractivity (Wildman–Crippen MR) is 85.7 cm³/mol. The molecule has 2 aromatic rings. The van der Waals surface area contributed by atoms with Crippen molar-refractivity contribution >= 4 is 23.2 Å². The zero-order valence-corrected chi connectivity index (χ0v) is 12.8. The Morgan fingerprint density at radius 3 is 2.64 bits per heavy atom. The van der Waals surface area contributed by atoms with E-state index < -0.39 is 5.72 Å². The van der Waals surface area contributed by atoms with Gasteiger partial charge in [-0.15, -0.1) is 0 Å². The van der Waals surface area contributed by atoms with Crippen molar-refractivity contribution in [2.45, 2.75) is 19.1 Å². The van der Waals surface area contributed by atoms with E-state index in [1.54, 1.807) is 43.3 Å². The Morgan fingerprint density at radius 1 is 1.23 bits per heavy atom. The van der Waals surface area contributed by atoms with Gasteiger partial charge in [-0.25, -0.2) is 0 Å². The average Bonchev–Trinajstić information content (AvgIpc) is 2.83. The average molecular weight is 315 g/mol. The van der Waals surface area contributed by atoms with Crippen LogP contribution in [0.25, 0.3) is 0 Å². The van der Waals surface area contributed by atoms with Crippen molar-refractivity contribution in [2.24, 2.45) is 5.10 Å². The number of carbonyl (C=O) groups is 1. The van der Waals surface area contributed by atoms with Crippen molar-refractivity contribution in [3.8, 4) is 0 Å². The number of amides is 1. The number of benzene rings is 2. The lowest BCUT2D eigenvalue weighted by molar-refractivity contribution is -0.0765. The van der Waals surface area contributed by atoms with Crippen molar-refractivity contribution in [2.75, 3.05) is 0 Å². The van der Waals surface area contributed by atoms with Crippen LogP contribution in [0.1, 0.15) is 29.3 Å². The fourth-order valence-electron chi connectivity index (χ4n) is 2.61. The molecule has 0 aliphatic carbocycles. The summed E-state index contributed by atoms with van der Waals surface area (Å²) in [5, 5.41) is 16.9. The molecule has 0 bridgehead atoms. The molecule has 0 aromatic heterocycles. The van der Waals surface area contributed by atoms with Crippen LogP contribution in [-0.2, 0) is 5.72 Å². The molecule has 5 heteroatoms. The van der Waals surface area contributed by atoms with E-state index in [-0.39, 0.29) is 12.3 Å². The van der Waals surface area contributed by atoms with Gasteiger partial charge in [-0.2, -0.15) is 10.1 Å². The Morgan fingerprint density at radius 2 is 1.95 bits per heavy atom. The van der Waals surface area contributed by atoms with E-state index in [0.29, 0.717) is 21.9 Å². The van der Waals surface area contributed by atoms with E-state index in [1.165, 1.54) is 0 Å². The Hall–Kier alpha value is -2.17. The van der Waals surface area contributed by atoms with Gasteiger partial charge in [-0.3, -0.25) is 4.79 Å². The first-order chi connectivity index (χ1) is 10.5. The zero-order chi connectivity index (χ0) is 15.7. The molecule has 0 saturated heterocycles. The summed E-state index contributed by atoms with van der Waals surface area (Å²) in [5.74, 6) is -0.384. The fourth-order valence-corrected chi connectivity index (χ4v) is 2.80. The first kappa shape index (κ1) is 14.8. The second-order valence-electron chi connectivity index (χ2n) is 5.32. The van der Waals surface area contributed by atoms with Crippen LogP contribution in [0.15, 0.2) is 59.7 Å². The highest BCUT2D eigenvalue weighted by Gasteiger charge is 2.45. The molecule has 1 amide bonds. The third kappa shape index (κ3) is 2.51. The quantitative estimate of drug-likeness (QED) is 0.923. The van der Waals surface area contributed by atoms with E-state index in [9.17, 15) is 9.90 Å². The molecule has 1 heterocycles. The first-order valence-corrected chi connectivity index (χ1v) is 7.30. The first-order valence-electron chi connectivity index (χ1n) is 6.93. The van der Waals surface area contributed by atoms with Crippen LogP contribution in [0, 0.1) is 0 Å². The third-order valence-electron chi connectivity index (χ3n) is 3.62. The number of hydrogen-bond donors (Lipinski definition) is 1. The molecule has 4 nitrogen and oxygen atoms in total. The van der Waals surface area contributed by atoms with Gasteiger partial charge in [0.2, 0.25) is 0 Å². The lowest BCUT2D eigenvalue weighted by Crippen LogP contribution is -2.43. The molecule has 3 rings (SSSR count). The number of aliphatic hydroxyl groups is 1. The second kappa shape index (κ2) is 5.55. The van der Waals surface area contributed by atoms with Crippen molar-refractivity contribution < 1.29 is 9.90 Å². The Bertz CT molecular complexity index is 745. The molecule has 0 saturated carbocycles. The van der Waals surface area contributed by atoms with Gasteiger partial charge in [-0.1, -0.05) is 48.0 Å². The Balaban J connectivity index is 2.02. The van der Waals surface area contributed by atoms with Crippen LogP contribution in [0.3, 0.4) is 0 Å². The number of hydrazone groups is 1. The molecular weight excluding hydrogens is 300 g/mol. The molecule has 1 aliphatic rings. The molecule has 1 N–H and O–H groups in total. The molecule has 1 atom stereocenters. The smallest absolute Gasteiger partial charge is 0.276 e. The van der Waals surface area contributed by atoms with E-state index in [0.717, 1.165) is 5.01 Å². The Kier molecular flexibility index (Phi) is 3.72. The second-order valence-corrected chi connectivity index (χ2v) is 5.76. The van der Waals surface area contributed by atoms with Crippen LogP contribution < -0.4 is 0 Å². The van der Waals surface area contributed by atoms with Crippen molar-refractivity contribution in [3.05, 3.63) is 70.7 Å². The van der Waals surface area contributed by atoms with Gasteiger partial charge in [-0.05, 0) is 25.1 Å².